The van der Waals surface area contributed by atoms with Gasteiger partial charge < -0.3 is 24.4 Å². The smallest absolute Gasteiger partial charge is 0.308 e. The summed E-state index contributed by atoms with van der Waals surface area (Å²) < 4.78 is 16.1. The summed E-state index contributed by atoms with van der Waals surface area (Å²) in [4.78, 5) is 38.6. The Labute approximate surface area is 194 Å². The van der Waals surface area contributed by atoms with Crippen LogP contribution in [0, 0.1) is 0 Å². The molecule has 0 aliphatic carbocycles. The lowest BCUT2D eigenvalue weighted by molar-refractivity contribution is -0.148. The van der Waals surface area contributed by atoms with Crippen LogP contribution in [0.2, 0.25) is 0 Å². The maximum atomic E-state index is 12.7. The number of ether oxygens (including phenoxy) is 3. The average molecular weight is 516 g/mol. The Kier molecular flexibility index (Phi) is 10.2. The van der Waals surface area contributed by atoms with Crippen molar-refractivity contribution in [2.75, 3.05) is 40.0 Å². The van der Waals surface area contributed by atoms with Gasteiger partial charge in [0, 0.05) is 25.8 Å². The zero-order valence-electron chi connectivity index (χ0n) is 17.4. The SMILES string of the molecule is CCCOc1ccc(C(=O)NC(=S)N2CCNC(=O)C2CC(=O)OCCOC)cc1Br. The van der Waals surface area contributed by atoms with Crippen molar-refractivity contribution in [1.29, 1.82) is 0 Å². The fraction of sp³-hybridized carbons (Fsp3) is 0.500. The van der Waals surface area contributed by atoms with E-state index in [1.54, 1.807) is 18.2 Å². The van der Waals surface area contributed by atoms with Gasteiger partial charge in [0.25, 0.3) is 5.91 Å². The molecule has 1 fully saturated rings. The standard InChI is InChI=1S/C20H26BrN3O6S/c1-3-8-29-16-5-4-13(11-14(16)21)18(26)23-20(31)24-7-6-22-19(27)15(24)12-17(25)30-10-9-28-2/h4-5,11,15H,3,6-10,12H2,1-2H3,(H,22,27)(H,23,26,31). The number of hydrogen-bond donors (Lipinski definition) is 2. The third-order valence-electron chi connectivity index (χ3n) is 4.38. The number of piperazine rings is 1. The van der Waals surface area contributed by atoms with E-state index >= 15 is 0 Å². The molecule has 2 rings (SSSR count). The number of hydrogen-bond acceptors (Lipinski definition) is 7. The van der Waals surface area contributed by atoms with Gasteiger partial charge in [-0.2, -0.15) is 0 Å². The number of nitrogens with zero attached hydrogens (tertiary/aromatic N) is 1. The largest absolute Gasteiger partial charge is 0.492 e. The fourth-order valence-electron chi connectivity index (χ4n) is 2.83. The Morgan fingerprint density at radius 2 is 2.10 bits per heavy atom. The van der Waals surface area contributed by atoms with Gasteiger partial charge in [-0.3, -0.25) is 19.7 Å². The summed E-state index contributed by atoms with van der Waals surface area (Å²) in [7, 11) is 1.50. The molecular formula is C20H26BrN3O6S. The maximum absolute atomic E-state index is 12.7. The first-order valence-electron chi connectivity index (χ1n) is 9.84. The molecule has 1 aromatic carbocycles. The average Bonchev–Trinajstić information content (AvgIpc) is 2.74. The maximum Gasteiger partial charge on any atom is 0.308 e. The summed E-state index contributed by atoms with van der Waals surface area (Å²) in [5.41, 5.74) is 0.370. The molecule has 0 saturated carbocycles. The Bertz CT molecular complexity index is 822. The Hall–Kier alpha value is -2.24. The van der Waals surface area contributed by atoms with Crippen LogP contribution in [0.25, 0.3) is 0 Å². The number of esters is 1. The van der Waals surface area contributed by atoms with E-state index in [0.29, 0.717) is 35.5 Å². The number of methoxy groups -OCH3 is 1. The highest BCUT2D eigenvalue weighted by atomic mass is 79.9. The predicted octanol–water partition coefficient (Wildman–Crippen LogP) is 1.63. The molecule has 1 heterocycles. The lowest BCUT2D eigenvalue weighted by Gasteiger charge is -2.36. The Balaban J connectivity index is 2.02. The van der Waals surface area contributed by atoms with Gasteiger partial charge in [-0.25, -0.2) is 0 Å². The molecule has 1 aliphatic rings. The van der Waals surface area contributed by atoms with E-state index in [-0.39, 0.29) is 30.7 Å². The van der Waals surface area contributed by atoms with Crippen molar-refractivity contribution in [3.8, 4) is 5.75 Å². The molecule has 9 nitrogen and oxygen atoms in total. The molecular weight excluding hydrogens is 490 g/mol. The molecule has 1 aromatic rings. The van der Waals surface area contributed by atoms with Crippen LogP contribution in [0.5, 0.6) is 5.75 Å². The molecule has 170 valence electrons. The van der Waals surface area contributed by atoms with Crippen LogP contribution in [0.3, 0.4) is 0 Å². The van der Waals surface area contributed by atoms with E-state index in [2.05, 4.69) is 26.6 Å². The number of rotatable bonds is 9. The van der Waals surface area contributed by atoms with Gasteiger partial charge >= 0.3 is 5.97 Å². The van der Waals surface area contributed by atoms with E-state index in [0.717, 1.165) is 6.42 Å². The number of carbonyl (C=O) groups excluding carboxylic acids is 3. The summed E-state index contributed by atoms with van der Waals surface area (Å²) >= 11 is 8.76. The number of nitrogens with one attached hydrogen (secondary N) is 2. The minimum atomic E-state index is -0.867. The first-order chi connectivity index (χ1) is 14.9. The van der Waals surface area contributed by atoms with Crippen LogP contribution >= 0.6 is 28.1 Å². The van der Waals surface area contributed by atoms with Crippen LogP contribution in [-0.4, -0.2) is 73.9 Å². The van der Waals surface area contributed by atoms with Gasteiger partial charge in [0.05, 0.1) is 24.1 Å². The minimum Gasteiger partial charge on any atom is -0.492 e. The van der Waals surface area contributed by atoms with Crippen molar-refractivity contribution in [2.45, 2.75) is 25.8 Å². The zero-order chi connectivity index (χ0) is 22.8. The predicted molar refractivity (Wildman–Crippen MR) is 121 cm³/mol. The second kappa shape index (κ2) is 12.6. The van der Waals surface area contributed by atoms with Crippen molar-refractivity contribution in [1.82, 2.24) is 15.5 Å². The monoisotopic (exact) mass is 515 g/mol. The van der Waals surface area contributed by atoms with Crippen LogP contribution in [0.1, 0.15) is 30.1 Å². The quantitative estimate of drug-likeness (QED) is 0.290. The summed E-state index contributed by atoms with van der Waals surface area (Å²) in [5.74, 6) is -0.697. The van der Waals surface area contributed by atoms with Crippen LogP contribution in [0.4, 0.5) is 0 Å². The van der Waals surface area contributed by atoms with E-state index in [1.807, 2.05) is 6.92 Å². The lowest BCUT2D eigenvalue weighted by atomic mass is 10.1. The molecule has 2 amide bonds. The molecule has 1 unspecified atom stereocenters. The van der Waals surface area contributed by atoms with E-state index in [9.17, 15) is 14.4 Å². The topological polar surface area (TPSA) is 106 Å². The highest BCUT2D eigenvalue weighted by Gasteiger charge is 2.34. The molecule has 0 aromatic heterocycles. The molecule has 1 saturated heterocycles. The van der Waals surface area contributed by atoms with Gasteiger partial charge in [0.1, 0.15) is 18.4 Å². The van der Waals surface area contributed by atoms with Crippen molar-refractivity contribution < 1.29 is 28.6 Å². The molecule has 1 atom stereocenters. The number of halogens is 1. The van der Waals surface area contributed by atoms with E-state index in [1.165, 1.54) is 12.0 Å². The molecule has 0 spiro atoms. The molecule has 31 heavy (non-hydrogen) atoms. The molecule has 2 N–H and O–H groups in total. The normalized spacial score (nSPS) is 15.8. The van der Waals surface area contributed by atoms with Crippen LogP contribution < -0.4 is 15.4 Å². The van der Waals surface area contributed by atoms with Crippen LogP contribution in [-0.2, 0) is 19.1 Å². The van der Waals surface area contributed by atoms with E-state index in [4.69, 9.17) is 26.4 Å². The zero-order valence-corrected chi connectivity index (χ0v) is 19.8. The summed E-state index contributed by atoms with van der Waals surface area (Å²) in [6.07, 6.45) is 0.675. The highest BCUT2D eigenvalue weighted by Crippen LogP contribution is 2.26. The number of benzene rings is 1. The highest BCUT2D eigenvalue weighted by molar-refractivity contribution is 9.10. The van der Waals surface area contributed by atoms with Gasteiger partial charge in [0.2, 0.25) is 5.91 Å². The van der Waals surface area contributed by atoms with Gasteiger partial charge in [0.15, 0.2) is 5.11 Å². The van der Waals surface area contributed by atoms with Gasteiger partial charge in [-0.15, -0.1) is 0 Å². The summed E-state index contributed by atoms with van der Waals surface area (Å²) in [6.45, 7) is 3.63. The van der Waals surface area contributed by atoms with E-state index < -0.39 is 17.9 Å². The van der Waals surface area contributed by atoms with Crippen molar-refractivity contribution in [2.24, 2.45) is 0 Å². The van der Waals surface area contributed by atoms with Crippen molar-refractivity contribution >= 4 is 51.0 Å². The Morgan fingerprint density at radius 1 is 1.32 bits per heavy atom. The summed E-state index contributed by atoms with van der Waals surface area (Å²) in [6, 6.07) is 4.09. The van der Waals surface area contributed by atoms with Gasteiger partial charge in [-0.05, 0) is 52.8 Å². The minimum absolute atomic E-state index is 0.0666. The second-order valence-corrected chi connectivity index (χ2v) is 7.91. The van der Waals surface area contributed by atoms with Gasteiger partial charge in [-0.1, -0.05) is 6.92 Å². The second-order valence-electron chi connectivity index (χ2n) is 6.67. The third-order valence-corrected chi connectivity index (χ3v) is 5.33. The first-order valence-corrected chi connectivity index (χ1v) is 11.0. The van der Waals surface area contributed by atoms with Crippen molar-refractivity contribution in [3.05, 3.63) is 28.2 Å². The first kappa shape index (κ1) is 25.0. The molecule has 11 heteroatoms. The lowest BCUT2D eigenvalue weighted by Crippen LogP contribution is -2.60. The number of thiocarbonyl (C=S) groups is 1. The van der Waals surface area contributed by atoms with Crippen LogP contribution in [0.15, 0.2) is 22.7 Å². The number of carbonyl (C=O) groups is 3. The molecule has 0 bridgehead atoms. The molecule has 0 radical (unpaired) electrons. The third kappa shape index (κ3) is 7.44. The fourth-order valence-corrected chi connectivity index (χ4v) is 3.63. The number of amides is 2. The van der Waals surface area contributed by atoms with Crippen molar-refractivity contribution in [3.63, 3.8) is 0 Å². The summed E-state index contributed by atoms with van der Waals surface area (Å²) in [5, 5.41) is 5.40. The Morgan fingerprint density at radius 3 is 2.77 bits per heavy atom. The molecule has 1 aliphatic heterocycles.